The molecule has 4 aliphatic heterocycles. The summed E-state index contributed by atoms with van der Waals surface area (Å²) in [5.41, 5.74) is -2.07. The van der Waals surface area contributed by atoms with Crippen molar-refractivity contribution in [2.45, 2.75) is 122 Å². The van der Waals surface area contributed by atoms with Crippen molar-refractivity contribution in [2.75, 3.05) is 54.7 Å². The Bertz CT molecular complexity index is 4260. The van der Waals surface area contributed by atoms with Crippen LogP contribution in [-0.4, -0.2) is 154 Å². The number of H-pyrrole nitrogens is 1. The van der Waals surface area contributed by atoms with Crippen LogP contribution in [0.3, 0.4) is 0 Å². The van der Waals surface area contributed by atoms with E-state index in [-0.39, 0.29) is 44.5 Å². The van der Waals surface area contributed by atoms with Gasteiger partial charge < -0.3 is 73.3 Å². The summed E-state index contributed by atoms with van der Waals surface area (Å²) in [6.45, 7) is 11.4. The molecule has 3 aromatic carbocycles. The Morgan fingerprint density at radius 2 is 0.962 bits per heavy atom. The normalized spacial score (nSPS) is 19.6. The molecule has 564 valence electrons. The maximum Gasteiger partial charge on any atom is 0.522 e. The lowest BCUT2D eigenvalue weighted by Crippen LogP contribution is -2.36. The number of nitrogens with two attached hydrogens (primary N) is 1. The van der Waals surface area contributed by atoms with E-state index in [0.717, 1.165) is 44.9 Å². The molecular weight excluding hydrogens is 1440 g/mol. The highest BCUT2D eigenvalue weighted by Crippen LogP contribution is 2.28. The number of nitrogens with one attached hydrogen (secondary N) is 4. The van der Waals surface area contributed by atoms with Gasteiger partial charge >= 0.3 is 44.4 Å². The van der Waals surface area contributed by atoms with Crippen molar-refractivity contribution < 1.29 is 110 Å². The van der Waals surface area contributed by atoms with E-state index in [9.17, 15) is 77.5 Å². The van der Waals surface area contributed by atoms with E-state index in [1.807, 2.05) is 20.8 Å². The van der Waals surface area contributed by atoms with Gasteiger partial charge in [-0.15, -0.1) is 0 Å². The maximum absolute atomic E-state index is 14.2. The van der Waals surface area contributed by atoms with Crippen molar-refractivity contribution in [2.24, 2.45) is 0 Å². The number of nitrogens with zero attached hydrogens (tertiary/aromatic N) is 7. The van der Waals surface area contributed by atoms with E-state index in [2.05, 4.69) is 44.7 Å². The number of halogens is 7. The van der Waals surface area contributed by atoms with Crippen LogP contribution in [0.25, 0.3) is 0 Å². The minimum absolute atomic E-state index is 0.0379. The molecule has 104 heavy (non-hydrogen) atoms. The molecule has 7 N–H and O–H groups in total. The van der Waals surface area contributed by atoms with E-state index in [1.165, 1.54) is 26.6 Å². The second-order valence-corrected chi connectivity index (χ2v) is 28.6. The van der Waals surface area contributed by atoms with Crippen molar-refractivity contribution in [3.8, 4) is 0 Å². The molecule has 4 aliphatic rings. The molecule has 8 heterocycles. The first-order chi connectivity index (χ1) is 49.1. The van der Waals surface area contributed by atoms with Crippen LogP contribution in [0.15, 0.2) is 135 Å². The first-order valence-corrected chi connectivity index (χ1v) is 35.8. The van der Waals surface area contributed by atoms with Gasteiger partial charge in [-0.3, -0.25) is 37.9 Å². The number of ether oxygens (including phenoxy) is 9. The molecule has 0 bridgehead atoms. The van der Waals surface area contributed by atoms with E-state index >= 15 is 0 Å². The summed E-state index contributed by atoms with van der Waals surface area (Å²) in [4.78, 5) is 108. The van der Waals surface area contributed by atoms with Crippen LogP contribution in [0.5, 0.6) is 0 Å². The number of esters is 1. The third-order valence-electron chi connectivity index (χ3n) is 13.3. The summed E-state index contributed by atoms with van der Waals surface area (Å²) >= 11 is 0. The lowest BCUT2D eigenvalue weighted by Gasteiger charge is -2.17. The van der Waals surface area contributed by atoms with Gasteiger partial charge in [-0.2, -0.15) is 41.5 Å². The molecule has 8 atom stereocenters. The maximum atomic E-state index is 14.2. The highest BCUT2D eigenvalue weighted by molar-refractivity contribution is 7.88. The zero-order chi connectivity index (χ0) is 76.6. The Labute approximate surface area is 586 Å². The Kier molecular flexibility index (Phi) is 30.8. The van der Waals surface area contributed by atoms with Crippen LogP contribution in [-0.2, 0) is 61.4 Å². The molecule has 4 aromatic heterocycles. The van der Waals surface area contributed by atoms with Crippen molar-refractivity contribution in [1.82, 2.24) is 38.6 Å². The average molecular weight is 1510 g/mol. The topological polar surface area (TPSA) is 427 Å². The number of aromatic nitrogens is 8. The van der Waals surface area contributed by atoms with Crippen LogP contribution in [0.4, 0.5) is 54.0 Å². The molecule has 4 saturated heterocycles. The minimum Gasteiger partial charge on any atom is -0.433 e. The molecule has 33 nitrogen and oxygen atoms in total. The molecular formula is C62H71F7N12O21SSi. The van der Waals surface area contributed by atoms with E-state index < -0.39 is 149 Å². The molecule has 0 spiro atoms. The van der Waals surface area contributed by atoms with Gasteiger partial charge in [-0.05, 0) is 75.3 Å². The zero-order valence-corrected chi connectivity index (χ0v) is 57.9. The number of benzene rings is 3. The molecule has 0 saturated carbocycles. The van der Waals surface area contributed by atoms with Gasteiger partial charge in [0.1, 0.15) is 6.61 Å². The fourth-order valence-electron chi connectivity index (χ4n) is 8.49. The van der Waals surface area contributed by atoms with E-state index in [1.54, 1.807) is 91.0 Å². The molecule has 7 aromatic rings. The van der Waals surface area contributed by atoms with Gasteiger partial charge in [0.15, 0.2) is 90.4 Å². The predicted molar refractivity (Wildman–Crippen MR) is 351 cm³/mol. The summed E-state index contributed by atoms with van der Waals surface area (Å²) in [6, 6.07) is 24.8. The number of alkyl halides is 3. The van der Waals surface area contributed by atoms with E-state index in [0.29, 0.717) is 36.1 Å². The molecule has 42 heteroatoms. The first-order valence-electron chi connectivity index (χ1n) is 31.0. The lowest BCUT2D eigenvalue weighted by molar-refractivity contribution is -0.173. The third-order valence-corrected chi connectivity index (χ3v) is 16.7. The average Bonchev–Trinajstić information content (AvgIpc) is 1.54. The monoisotopic (exact) mass is 1510 g/mol. The third kappa shape index (κ3) is 25.2. The second kappa shape index (κ2) is 38.6. The fourth-order valence-corrected chi connectivity index (χ4v) is 11.5. The summed E-state index contributed by atoms with van der Waals surface area (Å²) in [5.74, 6) is -6.81. The van der Waals surface area contributed by atoms with Gasteiger partial charge in [0, 0.05) is 23.6 Å². The van der Waals surface area contributed by atoms with Gasteiger partial charge in [-0.1, -0.05) is 75.4 Å². The quantitative estimate of drug-likeness (QED) is 0.0272. The number of aromatic amines is 1. The number of anilines is 4. The van der Waals surface area contributed by atoms with Crippen LogP contribution < -0.4 is 44.4 Å². The van der Waals surface area contributed by atoms with Gasteiger partial charge in [0.05, 0.1) is 51.2 Å². The second-order valence-electron chi connectivity index (χ2n) is 22.3. The highest BCUT2D eigenvalue weighted by Gasteiger charge is 2.49. The molecule has 0 aliphatic carbocycles. The number of hydrogen-bond donors (Lipinski definition) is 6. The molecule has 4 fully saturated rings. The standard InChI is InChI=1S/2C16H16FN3O4.C11H8FN3O2.C8H10FN3O4.C7H12O4.C4H9F3O3SSi/c2*1-2-13-23-9-12(24-13)20-8-11(17)14(19-16(20)22)18-15(21)10-6-4-3-5-7-10;12-8-6-13-11(17)15-9(8)14-10(16)7-4-2-1-3-5-7;9-4-1-12(8(14)11-7(4)10)5-3-15-6(2-13)16-5;1-3-6-9-4-7(11-6)10-5(2)8;1-12(2,3)10-11(8,9)4(5,6)7/h2*3-8,12-13H,2,9H2,1H3,(H,18,19,21,22);1-6H,(H2,13,14,15,16,17);1,5-6,13H,2-3H2,(H2,10,11,14);6-7H,3-4H2,1-2H3;1-3H3/t12-,13+;12-,13-;;5-,6-;6-,7?;/m10.00./s1. The molecule has 1 unspecified atom stereocenters. The summed E-state index contributed by atoms with van der Waals surface area (Å²) < 4.78 is 164. The summed E-state index contributed by atoms with van der Waals surface area (Å²) in [7, 11) is -8.10. The van der Waals surface area contributed by atoms with Crippen molar-refractivity contribution in [3.63, 3.8) is 0 Å². The Morgan fingerprint density at radius 1 is 0.587 bits per heavy atom. The van der Waals surface area contributed by atoms with E-state index in [4.69, 9.17) is 53.5 Å². The minimum atomic E-state index is -5.39. The Hall–Kier alpha value is -9.86. The first kappa shape index (κ1) is 83.1. The molecule has 0 radical (unpaired) electrons. The summed E-state index contributed by atoms with van der Waals surface area (Å²) in [6.07, 6.45) is 0.941. The number of carbonyl (C=O) groups excluding carboxylic acids is 4. The number of hydrogen-bond acceptors (Lipinski definition) is 26. The van der Waals surface area contributed by atoms with Gasteiger partial charge in [0.2, 0.25) is 14.6 Å². The fraction of sp³-hybridized carbons (Fsp3) is 0.387. The largest absolute Gasteiger partial charge is 0.522 e. The molecule has 3 amide bonds. The lowest BCUT2D eigenvalue weighted by atomic mass is 10.2. The summed E-state index contributed by atoms with van der Waals surface area (Å²) in [5, 5.41) is 15.6. The van der Waals surface area contributed by atoms with Crippen LogP contribution in [0, 0.1) is 23.3 Å². The van der Waals surface area contributed by atoms with Crippen LogP contribution >= 0.6 is 0 Å². The van der Waals surface area contributed by atoms with Crippen LogP contribution in [0.2, 0.25) is 19.6 Å². The number of aliphatic hydroxyl groups excluding tert-OH is 1. The van der Waals surface area contributed by atoms with Crippen molar-refractivity contribution in [1.29, 1.82) is 0 Å². The number of carbonyl (C=O) groups is 4. The van der Waals surface area contributed by atoms with Crippen molar-refractivity contribution in [3.05, 3.63) is 198 Å². The van der Waals surface area contributed by atoms with Crippen LogP contribution in [0.1, 0.15) is 96.7 Å². The SMILES string of the molecule is CC[C@H]1OCC(OC(C)=O)O1.CC[C@H]1OC[C@@H](n2cc(F)c(NC(=O)c3ccccc3)nc2=O)O1.CC[C@H]1OC[C@H](n2cc(F)c(NC(=O)c3ccccc3)nc2=O)O1.C[Si](C)(C)OS(=O)(=O)C(F)(F)F.Nc1nc(=O)n([C@@H]2CO[C@H](CO)O2)cc1F.O=C(Nc1[nH]c(=O)ncc1F)c1ccccc1. The van der Waals surface area contributed by atoms with Crippen molar-refractivity contribution >= 4 is 65.4 Å². The Morgan fingerprint density at radius 3 is 1.32 bits per heavy atom. The smallest absolute Gasteiger partial charge is 0.433 e. The molecule has 11 rings (SSSR count). The number of rotatable bonds is 16. The Balaban J connectivity index is 0.000000201. The number of nitrogen functional groups attached to an aromatic ring is 1. The number of aliphatic hydroxyl groups is 1. The number of amides is 3. The zero-order valence-electron chi connectivity index (χ0n) is 56.1. The predicted octanol–water partition coefficient (Wildman–Crippen LogP) is 6.17. The highest BCUT2D eigenvalue weighted by atomic mass is 32.2. The van der Waals surface area contributed by atoms with Gasteiger partial charge in [0.25, 0.3) is 17.7 Å². The van der Waals surface area contributed by atoms with Gasteiger partial charge in [-0.25, -0.2) is 36.7 Å².